The Morgan fingerprint density at radius 2 is 1.88 bits per heavy atom. The lowest BCUT2D eigenvalue weighted by atomic mass is 10.0. The van der Waals surface area contributed by atoms with E-state index >= 15 is 0 Å². The third-order valence-electron chi connectivity index (χ3n) is 6.25. The smallest absolute Gasteiger partial charge is 0.248 e. The number of aryl methyl sites for hydroxylation is 1. The molecular weight excluding hydrogens is 451 g/mol. The molecule has 1 aliphatic carbocycles. The summed E-state index contributed by atoms with van der Waals surface area (Å²) in [5.74, 6) is -0.307. The molecule has 1 saturated carbocycles. The van der Waals surface area contributed by atoms with Gasteiger partial charge in [-0.15, -0.1) is 11.3 Å². The number of nitrogens with one attached hydrogen (secondary N) is 1. The minimum atomic E-state index is -0.943. The zero-order chi connectivity index (χ0) is 24.1. The van der Waals surface area contributed by atoms with Crippen molar-refractivity contribution in [2.24, 2.45) is 0 Å². The van der Waals surface area contributed by atoms with E-state index in [2.05, 4.69) is 5.32 Å². The number of methoxy groups -OCH3 is 1. The average molecular weight is 481 g/mol. The van der Waals surface area contributed by atoms with Crippen LogP contribution in [0.25, 0.3) is 0 Å². The second kappa shape index (κ2) is 10.8. The lowest BCUT2D eigenvalue weighted by Gasteiger charge is -2.32. The first-order valence-electron chi connectivity index (χ1n) is 11.5. The number of carbonyl (C=O) groups is 2. The zero-order valence-electron chi connectivity index (χ0n) is 19.4. The molecule has 0 unspecified atom stereocenters. The molecule has 1 fully saturated rings. The van der Waals surface area contributed by atoms with E-state index < -0.39 is 11.9 Å². The van der Waals surface area contributed by atoms with Gasteiger partial charge in [-0.2, -0.15) is 0 Å². The number of ether oxygens (including phenoxy) is 1. The number of anilines is 1. The van der Waals surface area contributed by atoms with Gasteiger partial charge < -0.3 is 10.1 Å². The van der Waals surface area contributed by atoms with Crippen molar-refractivity contribution < 1.29 is 18.7 Å². The number of thiophene rings is 1. The number of amides is 2. The quantitative estimate of drug-likeness (QED) is 0.458. The summed E-state index contributed by atoms with van der Waals surface area (Å²) < 4.78 is 19.9. The van der Waals surface area contributed by atoms with E-state index in [1.54, 1.807) is 50.4 Å². The van der Waals surface area contributed by atoms with Crippen LogP contribution in [0.2, 0.25) is 0 Å². The summed E-state index contributed by atoms with van der Waals surface area (Å²) in [5, 5.41) is 5.05. The molecule has 34 heavy (non-hydrogen) atoms. The van der Waals surface area contributed by atoms with Crippen LogP contribution < -0.4 is 15.0 Å². The SMILES string of the molecule is COc1ccc([C@H](C(=O)NC2CCCC2)N(C(=O)Cc2cccs2)c2ccc(C)c(F)c2)cc1. The molecule has 1 N–H and O–H groups in total. The van der Waals surface area contributed by atoms with Crippen LogP contribution in [0, 0.1) is 12.7 Å². The molecule has 0 radical (unpaired) electrons. The van der Waals surface area contributed by atoms with Crippen molar-refractivity contribution in [1.29, 1.82) is 0 Å². The van der Waals surface area contributed by atoms with Gasteiger partial charge in [0.05, 0.1) is 13.5 Å². The Kier molecular flexibility index (Phi) is 7.63. The second-order valence-corrected chi connectivity index (χ2v) is 9.65. The third-order valence-corrected chi connectivity index (χ3v) is 7.12. The molecule has 0 spiro atoms. The maximum absolute atomic E-state index is 14.6. The summed E-state index contributed by atoms with van der Waals surface area (Å²) in [6, 6.07) is 14.7. The van der Waals surface area contributed by atoms with Gasteiger partial charge in [0.25, 0.3) is 0 Å². The molecule has 178 valence electrons. The third kappa shape index (κ3) is 5.47. The van der Waals surface area contributed by atoms with Gasteiger partial charge in [0.2, 0.25) is 11.8 Å². The summed E-state index contributed by atoms with van der Waals surface area (Å²) in [7, 11) is 1.57. The van der Waals surface area contributed by atoms with Crippen LogP contribution in [-0.2, 0) is 16.0 Å². The molecule has 1 aromatic heterocycles. The summed E-state index contributed by atoms with van der Waals surface area (Å²) in [5.41, 5.74) is 1.47. The van der Waals surface area contributed by atoms with Gasteiger partial charge in [0, 0.05) is 16.6 Å². The Morgan fingerprint density at radius 3 is 2.50 bits per heavy atom. The number of hydrogen-bond donors (Lipinski definition) is 1. The first-order valence-corrected chi connectivity index (χ1v) is 12.4. The first kappa shape index (κ1) is 24.0. The van der Waals surface area contributed by atoms with Gasteiger partial charge in [-0.05, 0) is 66.6 Å². The number of nitrogens with zero attached hydrogens (tertiary/aromatic N) is 1. The minimum Gasteiger partial charge on any atom is -0.497 e. The van der Waals surface area contributed by atoms with Crippen molar-refractivity contribution in [3.8, 4) is 5.75 Å². The maximum atomic E-state index is 14.6. The lowest BCUT2D eigenvalue weighted by Crippen LogP contribution is -2.46. The number of halogens is 1. The van der Waals surface area contributed by atoms with Crippen LogP contribution in [0.15, 0.2) is 60.0 Å². The molecule has 2 amide bonds. The molecule has 0 aliphatic heterocycles. The number of carbonyl (C=O) groups excluding carboxylic acids is 2. The predicted molar refractivity (Wildman–Crippen MR) is 133 cm³/mol. The van der Waals surface area contributed by atoms with Crippen LogP contribution in [0.1, 0.15) is 47.7 Å². The number of benzene rings is 2. The topological polar surface area (TPSA) is 58.6 Å². The van der Waals surface area contributed by atoms with E-state index in [0.717, 1.165) is 30.6 Å². The summed E-state index contributed by atoms with van der Waals surface area (Å²) >= 11 is 1.48. The Morgan fingerprint density at radius 1 is 1.15 bits per heavy atom. The van der Waals surface area contributed by atoms with Crippen molar-refractivity contribution in [2.75, 3.05) is 12.0 Å². The van der Waals surface area contributed by atoms with Gasteiger partial charge in [-0.25, -0.2) is 4.39 Å². The highest BCUT2D eigenvalue weighted by Gasteiger charge is 2.34. The van der Waals surface area contributed by atoms with Gasteiger partial charge in [0.1, 0.15) is 17.6 Å². The van der Waals surface area contributed by atoms with Gasteiger partial charge in [-0.3, -0.25) is 14.5 Å². The van der Waals surface area contributed by atoms with E-state index in [0.29, 0.717) is 22.6 Å². The molecule has 0 bridgehead atoms. The lowest BCUT2D eigenvalue weighted by molar-refractivity contribution is -0.127. The van der Waals surface area contributed by atoms with Crippen LogP contribution in [-0.4, -0.2) is 25.0 Å². The Hall–Kier alpha value is -3.19. The van der Waals surface area contributed by atoms with Crippen molar-refractivity contribution in [3.63, 3.8) is 0 Å². The Balaban J connectivity index is 1.78. The van der Waals surface area contributed by atoms with Gasteiger partial charge >= 0.3 is 0 Å². The molecule has 5 nitrogen and oxygen atoms in total. The van der Waals surface area contributed by atoms with Crippen LogP contribution in [0.3, 0.4) is 0 Å². The molecular formula is C27H29FN2O3S. The molecule has 1 aliphatic rings. The molecule has 7 heteroatoms. The highest BCUT2D eigenvalue weighted by molar-refractivity contribution is 7.10. The highest BCUT2D eigenvalue weighted by Crippen LogP contribution is 2.32. The average Bonchev–Trinajstić information content (AvgIpc) is 3.54. The molecule has 2 aromatic carbocycles. The molecule has 4 rings (SSSR count). The van der Waals surface area contributed by atoms with E-state index in [1.807, 2.05) is 17.5 Å². The van der Waals surface area contributed by atoms with Crippen molar-refractivity contribution in [3.05, 3.63) is 81.8 Å². The zero-order valence-corrected chi connectivity index (χ0v) is 20.2. The Labute approximate surface area is 203 Å². The minimum absolute atomic E-state index is 0.0808. The fourth-order valence-electron chi connectivity index (χ4n) is 4.37. The summed E-state index contributed by atoms with van der Waals surface area (Å²) in [6.07, 6.45) is 4.11. The second-order valence-electron chi connectivity index (χ2n) is 8.62. The van der Waals surface area contributed by atoms with E-state index in [4.69, 9.17) is 4.74 Å². The molecule has 3 aromatic rings. The van der Waals surface area contributed by atoms with Crippen LogP contribution in [0.4, 0.5) is 10.1 Å². The Bertz CT molecular complexity index is 1130. The monoisotopic (exact) mass is 480 g/mol. The van der Waals surface area contributed by atoms with Crippen LogP contribution >= 0.6 is 11.3 Å². The number of hydrogen-bond acceptors (Lipinski definition) is 4. The van der Waals surface area contributed by atoms with Crippen molar-refractivity contribution in [1.82, 2.24) is 5.32 Å². The number of rotatable bonds is 8. The van der Waals surface area contributed by atoms with E-state index in [1.165, 1.54) is 22.3 Å². The molecule has 1 heterocycles. The standard InChI is InChI=1S/C27H29FN2O3S/c1-18-9-12-21(16-24(18)28)30(25(31)17-23-8-5-15-34-23)26(19-10-13-22(33-2)14-11-19)27(32)29-20-6-3-4-7-20/h5,8-16,20,26H,3-4,6-7,17H2,1-2H3,(H,29,32)/t26-/m1/s1. The molecule has 1 atom stereocenters. The molecule has 0 saturated heterocycles. The summed E-state index contributed by atoms with van der Waals surface area (Å²) in [6.45, 7) is 1.67. The summed E-state index contributed by atoms with van der Waals surface area (Å²) in [4.78, 5) is 29.7. The first-order chi connectivity index (χ1) is 16.5. The highest BCUT2D eigenvalue weighted by atomic mass is 32.1. The fourth-order valence-corrected chi connectivity index (χ4v) is 5.07. The van der Waals surface area contributed by atoms with E-state index in [9.17, 15) is 14.0 Å². The van der Waals surface area contributed by atoms with E-state index in [-0.39, 0.29) is 24.3 Å². The predicted octanol–water partition coefficient (Wildman–Crippen LogP) is 5.58. The largest absolute Gasteiger partial charge is 0.497 e. The van der Waals surface area contributed by atoms with Gasteiger partial charge in [-0.1, -0.05) is 37.1 Å². The van der Waals surface area contributed by atoms with Crippen LogP contribution in [0.5, 0.6) is 5.75 Å². The van der Waals surface area contributed by atoms with Gasteiger partial charge in [0.15, 0.2) is 0 Å². The van der Waals surface area contributed by atoms with Crippen molar-refractivity contribution >= 4 is 28.8 Å². The maximum Gasteiger partial charge on any atom is 0.248 e. The van der Waals surface area contributed by atoms with Crippen molar-refractivity contribution in [2.45, 2.75) is 51.1 Å². The fraction of sp³-hybridized carbons (Fsp3) is 0.333. The normalized spacial score (nSPS) is 14.6.